The summed E-state index contributed by atoms with van der Waals surface area (Å²) in [5.74, 6) is -0.334. The van der Waals surface area contributed by atoms with Gasteiger partial charge in [0.15, 0.2) is 0 Å². The Hall–Kier alpha value is -1.78. The molecule has 2 heterocycles. The van der Waals surface area contributed by atoms with Gasteiger partial charge in [-0.25, -0.2) is 0 Å². The first kappa shape index (κ1) is 13.6. The van der Waals surface area contributed by atoms with Crippen molar-refractivity contribution in [3.63, 3.8) is 0 Å². The Bertz CT molecular complexity index is 454. The number of likely N-dealkylation sites (N-methyl/N-ethyl adjacent to an activating group) is 1. The molecule has 0 aromatic heterocycles. The topological polar surface area (TPSA) is 52.7 Å². The highest BCUT2D eigenvalue weighted by atomic mass is 16.2. The van der Waals surface area contributed by atoms with Gasteiger partial charge in [0.25, 0.3) is 0 Å². The summed E-state index contributed by atoms with van der Waals surface area (Å²) < 4.78 is 0. The van der Waals surface area contributed by atoms with E-state index >= 15 is 0 Å². The zero-order valence-corrected chi connectivity index (χ0v) is 11.8. The van der Waals surface area contributed by atoms with Crippen molar-refractivity contribution < 1.29 is 9.59 Å². The fraction of sp³-hybridized carbons (Fsp3) is 0.571. The Labute approximate surface area is 113 Å². The third kappa shape index (κ3) is 2.50. The van der Waals surface area contributed by atoms with Gasteiger partial charge in [-0.2, -0.15) is 0 Å². The number of piperidine rings is 1. The monoisotopic (exact) mass is 263 g/mol. The van der Waals surface area contributed by atoms with Crippen LogP contribution in [0, 0.1) is 0 Å². The largest absolute Gasteiger partial charge is 0.371 e. The van der Waals surface area contributed by atoms with Crippen LogP contribution < -0.4 is 5.32 Å². The van der Waals surface area contributed by atoms with Gasteiger partial charge in [-0.1, -0.05) is 12.2 Å². The first-order valence-corrected chi connectivity index (χ1v) is 6.73. The molecule has 5 nitrogen and oxygen atoms in total. The molecule has 104 valence electrons. The zero-order valence-electron chi connectivity index (χ0n) is 11.8. The standard InChI is InChI=1S/C14H21N3O2/c1-4-10-11(5-2)17(9-8-16(10)3)12-6-7-13(18)15-14(12)19/h4-5,12H,6-9H2,1-3H3,(H,15,18,19)/b10-4+,11-5+. The van der Waals surface area contributed by atoms with Crippen molar-refractivity contribution in [2.75, 3.05) is 20.1 Å². The number of nitrogens with one attached hydrogen (secondary N) is 1. The van der Waals surface area contributed by atoms with Crippen LogP contribution in [0.15, 0.2) is 23.5 Å². The van der Waals surface area contributed by atoms with Gasteiger partial charge in [-0.05, 0) is 20.3 Å². The first-order valence-electron chi connectivity index (χ1n) is 6.73. The minimum absolute atomic E-state index is 0.163. The van der Waals surface area contributed by atoms with Crippen molar-refractivity contribution >= 4 is 11.8 Å². The Morgan fingerprint density at radius 1 is 1.16 bits per heavy atom. The number of carbonyl (C=O) groups excluding carboxylic acids is 2. The van der Waals surface area contributed by atoms with E-state index in [1.54, 1.807) is 0 Å². The van der Waals surface area contributed by atoms with E-state index < -0.39 is 0 Å². The van der Waals surface area contributed by atoms with Crippen LogP contribution in [0.5, 0.6) is 0 Å². The predicted octanol–water partition coefficient (Wildman–Crippen LogP) is 0.847. The summed E-state index contributed by atoms with van der Waals surface area (Å²) in [6, 6.07) is -0.229. The molecule has 0 aromatic rings. The first-order chi connectivity index (χ1) is 9.08. The Morgan fingerprint density at radius 2 is 1.84 bits per heavy atom. The number of nitrogens with zero attached hydrogens (tertiary/aromatic N) is 2. The van der Waals surface area contributed by atoms with Gasteiger partial charge in [0.2, 0.25) is 11.8 Å². The fourth-order valence-electron chi connectivity index (χ4n) is 2.83. The number of allylic oxidation sites excluding steroid dienone is 2. The van der Waals surface area contributed by atoms with Crippen molar-refractivity contribution in [3.8, 4) is 0 Å². The number of rotatable bonds is 1. The molecular weight excluding hydrogens is 242 g/mol. The molecule has 2 aliphatic rings. The van der Waals surface area contributed by atoms with Crippen LogP contribution in [0.2, 0.25) is 0 Å². The highest BCUT2D eigenvalue weighted by Crippen LogP contribution is 2.27. The lowest BCUT2D eigenvalue weighted by molar-refractivity contribution is -0.137. The number of hydrogen-bond acceptors (Lipinski definition) is 4. The van der Waals surface area contributed by atoms with Crippen LogP contribution in [-0.4, -0.2) is 47.8 Å². The minimum Gasteiger partial charge on any atom is -0.371 e. The van der Waals surface area contributed by atoms with Crippen LogP contribution in [0.25, 0.3) is 0 Å². The van der Waals surface area contributed by atoms with Crippen LogP contribution in [0.4, 0.5) is 0 Å². The fourth-order valence-corrected chi connectivity index (χ4v) is 2.83. The van der Waals surface area contributed by atoms with Gasteiger partial charge in [-0.3, -0.25) is 14.9 Å². The highest BCUT2D eigenvalue weighted by molar-refractivity contribution is 6.00. The predicted molar refractivity (Wildman–Crippen MR) is 73.0 cm³/mol. The summed E-state index contributed by atoms with van der Waals surface area (Å²) in [6.07, 6.45) is 5.12. The second-order valence-electron chi connectivity index (χ2n) is 4.93. The van der Waals surface area contributed by atoms with Crippen molar-refractivity contribution in [2.24, 2.45) is 0 Å². The molecule has 2 saturated heterocycles. The van der Waals surface area contributed by atoms with Crippen molar-refractivity contribution in [2.45, 2.75) is 32.7 Å². The van der Waals surface area contributed by atoms with E-state index in [4.69, 9.17) is 0 Å². The van der Waals surface area contributed by atoms with Crippen LogP contribution in [0.1, 0.15) is 26.7 Å². The number of hydrogen-bond donors (Lipinski definition) is 1. The van der Waals surface area contributed by atoms with Crippen LogP contribution in [-0.2, 0) is 9.59 Å². The van der Waals surface area contributed by atoms with E-state index in [-0.39, 0.29) is 17.9 Å². The number of amides is 2. The highest BCUT2D eigenvalue weighted by Gasteiger charge is 2.35. The van der Waals surface area contributed by atoms with E-state index in [0.29, 0.717) is 12.8 Å². The van der Waals surface area contributed by atoms with Crippen LogP contribution >= 0.6 is 0 Å². The number of piperazine rings is 1. The molecular formula is C14H21N3O2. The molecule has 2 rings (SSSR count). The summed E-state index contributed by atoms with van der Waals surface area (Å²) in [5, 5.41) is 2.44. The van der Waals surface area contributed by atoms with E-state index in [1.807, 2.05) is 19.9 Å². The summed E-state index contributed by atoms with van der Waals surface area (Å²) in [6.45, 7) is 5.68. The molecule has 0 bridgehead atoms. The second-order valence-corrected chi connectivity index (χ2v) is 4.93. The second kappa shape index (κ2) is 5.47. The molecule has 1 N–H and O–H groups in total. The van der Waals surface area contributed by atoms with Crippen molar-refractivity contribution in [1.82, 2.24) is 15.1 Å². The molecule has 0 saturated carbocycles. The molecule has 2 fully saturated rings. The normalized spacial score (nSPS) is 29.1. The molecule has 2 amide bonds. The average molecular weight is 263 g/mol. The molecule has 1 atom stereocenters. The molecule has 1 unspecified atom stereocenters. The molecule has 5 heteroatoms. The third-order valence-electron chi connectivity index (χ3n) is 3.79. The van der Waals surface area contributed by atoms with Crippen LogP contribution in [0.3, 0.4) is 0 Å². The van der Waals surface area contributed by atoms with Gasteiger partial charge in [0.1, 0.15) is 6.04 Å². The lowest BCUT2D eigenvalue weighted by Gasteiger charge is -2.43. The lowest BCUT2D eigenvalue weighted by atomic mass is 10.0. The van der Waals surface area contributed by atoms with Crippen molar-refractivity contribution in [3.05, 3.63) is 23.5 Å². The molecule has 0 aromatic carbocycles. The lowest BCUT2D eigenvalue weighted by Crippen LogP contribution is -2.55. The smallest absolute Gasteiger partial charge is 0.249 e. The Kier molecular flexibility index (Phi) is 3.93. The Balaban J connectivity index is 2.24. The molecule has 0 aliphatic carbocycles. The van der Waals surface area contributed by atoms with Gasteiger partial charge in [0, 0.05) is 26.6 Å². The summed E-state index contributed by atoms with van der Waals surface area (Å²) in [4.78, 5) is 27.6. The maximum Gasteiger partial charge on any atom is 0.249 e. The summed E-state index contributed by atoms with van der Waals surface area (Å²) in [5.41, 5.74) is 2.21. The van der Waals surface area contributed by atoms with E-state index in [9.17, 15) is 9.59 Å². The quantitative estimate of drug-likeness (QED) is 0.713. The number of imide groups is 1. The maximum absolute atomic E-state index is 12.0. The summed E-state index contributed by atoms with van der Waals surface area (Å²) >= 11 is 0. The minimum atomic E-state index is -0.229. The maximum atomic E-state index is 12.0. The van der Waals surface area contributed by atoms with Gasteiger partial charge in [0.05, 0.1) is 11.4 Å². The molecule has 19 heavy (non-hydrogen) atoms. The zero-order chi connectivity index (χ0) is 14.0. The van der Waals surface area contributed by atoms with Gasteiger partial charge >= 0.3 is 0 Å². The van der Waals surface area contributed by atoms with E-state index in [0.717, 1.165) is 24.5 Å². The van der Waals surface area contributed by atoms with E-state index in [1.165, 1.54) is 0 Å². The number of carbonyl (C=O) groups is 2. The van der Waals surface area contributed by atoms with Crippen molar-refractivity contribution in [1.29, 1.82) is 0 Å². The molecule has 0 spiro atoms. The molecule has 0 radical (unpaired) electrons. The molecule has 2 aliphatic heterocycles. The van der Waals surface area contributed by atoms with Gasteiger partial charge in [-0.15, -0.1) is 0 Å². The third-order valence-corrected chi connectivity index (χ3v) is 3.79. The summed E-state index contributed by atoms with van der Waals surface area (Å²) in [7, 11) is 2.06. The average Bonchev–Trinajstić information content (AvgIpc) is 2.39. The Morgan fingerprint density at radius 3 is 2.42 bits per heavy atom. The van der Waals surface area contributed by atoms with Gasteiger partial charge < -0.3 is 9.80 Å². The van der Waals surface area contributed by atoms with E-state index in [2.05, 4.69) is 28.2 Å². The SMILES string of the molecule is C/C=C1\C(=C/C)N(C2CCC(=O)NC2=O)CCN1C.